The second-order valence-electron chi connectivity index (χ2n) is 4.95. The first-order chi connectivity index (χ1) is 9.47. The molecule has 1 aromatic heterocycles. The van der Waals surface area contributed by atoms with Gasteiger partial charge in [-0.15, -0.1) is 0 Å². The Morgan fingerprint density at radius 3 is 2.50 bits per heavy atom. The van der Waals surface area contributed by atoms with E-state index in [2.05, 4.69) is 4.72 Å². The molecule has 0 radical (unpaired) electrons. The van der Waals surface area contributed by atoms with E-state index in [9.17, 15) is 8.42 Å². The van der Waals surface area contributed by atoms with Gasteiger partial charge >= 0.3 is 0 Å². The number of hydrogen-bond acceptors (Lipinski definition) is 3. The van der Waals surface area contributed by atoms with E-state index in [-0.39, 0.29) is 6.04 Å². The van der Waals surface area contributed by atoms with Crippen molar-refractivity contribution in [3.05, 3.63) is 54.0 Å². The van der Waals surface area contributed by atoms with Crippen molar-refractivity contribution >= 4 is 10.0 Å². The van der Waals surface area contributed by atoms with Crippen molar-refractivity contribution in [1.29, 1.82) is 0 Å². The quantitative estimate of drug-likeness (QED) is 0.891. The molecule has 0 aliphatic heterocycles. The van der Waals surface area contributed by atoms with Gasteiger partial charge < -0.3 is 4.42 Å². The summed E-state index contributed by atoms with van der Waals surface area (Å²) < 4.78 is 32.3. The van der Waals surface area contributed by atoms with Gasteiger partial charge in [-0.25, -0.2) is 13.1 Å². The van der Waals surface area contributed by atoms with Gasteiger partial charge in [-0.1, -0.05) is 17.7 Å². The number of furan rings is 1. The van der Waals surface area contributed by atoms with Gasteiger partial charge in [0.15, 0.2) is 0 Å². The number of aryl methyl sites for hydroxylation is 2. The molecule has 0 aliphatic rings. The molecule has 1 heterocycles. The van der Waals surface area contributed by atoms with Gasteiger partial charge in [0.25, 0.3) is 0 Å². The summed E-state index contributed by atoms with van der Waals surface area (Å²) >= 11 is 0. The van der Waals surface area contributed by atoms with Crippen molar-refractivity contribution in [3.8, 4) is 0 Å². The van der Waals surface area contributed by atoms with Crippen LogP contribution in [0.1, 0.15) is 24.7 Å². The summed E-state index contributed by atoms with van der Waals surface area (Å²) in [7, 11) is -3.45. The van der Waals surface area contributed by atoms with Crippen LogP contribution in [0.25, 0.3) is 0 Å². The van der Waals surface area contributed by atoms with Crippen LogP contribution in [-0.2, 0) is 16.4 Å². The van der Waals surface area contributed by atoms with E-state index in [4.69, 9.17) is 4.42 Å². The molecule has 0 aliphatic carbocycles. The fourth-order valence-corrected chi connectivity index (χ4v) is 3.20. The summed E-state index contributed by atoms with van der Waals surface area (Å²) in [4.78, 5) is 0.299. The van der Waals surface area contributed by atoms with Gasteiger partial charge in [0, 0.05) is 12.5 Å². The number of rotatable bonds is 6. The molecule has 20 heavy (non-hydrogen) atoms. The highest BCUT2D eigenvalue weighted by Crippen LogP contribution is 2.12. The van der Waals surface area contributed by atoms with Gasteiger partial charge in [0.2, 0.25) is 10.0 Å². The Morgan fingerprint density at radius 1 is 1.20 bits per heavy atom. The molecule has 4 nitrogen and oxygen atoms in total. The zero-order valence-corrected chi connectivity index (χ0v) is 12.5. The van der Waals surface area contributed by atoms with Crippen LogP contribution in [0.2, 0.25) is 0 Å². The summed E-state index contributed by atoms with van der Waals surface area (Å²) in [6.45, 7) is 3.78. The SMILES string of the molecule is Cc1ccc(S(=O)(=O)N[C@@H](C)CCc2ccco2)cc1. The zero-order valence-electron chi connectivity index (χ0n) is 11.7. The van der Waals surface area contributed by atoms with Gasteiger partial charge in [-0.2, -0.15) is 0 Å². The van der Waals surface area contributed by atoms with Crippen LogP contribution in [0.4, 0.5) is 0 Å². The molecule has 108 valence electrons. The molecule has 5 heteroatoms. The minimum atomic E-state index is -3.45. The van der Waals surface area contributed by atoms with Gasteiger partial charge in [-0.05, 0) is 44.5 Å². The molecular formula is C15H19NO3S. The molecule has 2 rings (SSSR count). The Hall–Kier alpha value is -1.59. The molecular weight excluding hydrogens is 274 g/mol. The number of sulfonamides is 1. The Kier molecular flexibility index (Phi) is 4.62. The van der Waals surface area contributed by atoms with Crippen molar-refractivity contribution < 1.29 is 12.8 Å². The van der Waals surface area contributed by atoms with Crippen LogP contribution in [0.3, 0.4) is 0 Å². The van der Waals surface area contributed by atoms with E-state index < -0.39 is 10.0 Å². The van der Waals surface area contributed by atoms with Crippen molar-refractivity contribution in [1.82, 2.24) is 4.72 Å². The minimum Gasteiger partial charge on any atom is -0.469 e. The zero-order chi connectivity index (χ0) is 14.6. The molecule has 0 saturated heterocycles. The number of benzene rings is 1. The predicted octanol–water partition coefficient (Wildman–Crippen LogP) is 2.89. The van der Waals surface area contributed by atoms with E-state index in [0.717, 1.165) is 11.3 Å². The Bertz CT molecular complexity index is 630. The Labute approximate surface area is 119 Å². The van der Waals surface area contributed by atoms with Crippen LogP contribution in [0, 0.1) is 6.92 Å². The van der Waals surface area contributed by atoms with Crippen molar-refractivity contribution in [2.75, 3.05) is 0 Å². The first kappa shape index (κ1) is 14.8. The standard InChI is InChI=1S/C15H19NO3S/c1-12-5-9-15(10-6-12)20(17,18)16-13(2)7-8-14-4-3-11-19-14/h3-6,9-11,13,16H,7-8H2,1-2H3/t13-/m0/s1. The van der Waals surface area contributed by atoms with Gasteiger partial charge in [0.05, 0.1) is 11.2 Å². The molecule has 0 bridgehead atoms. The lowest BCUT2D eigenvalue weighted by molar-refractivity contribution is 0.480. The highest BCUT2D eigenvalue weighted by Gasteiger charge is 2.17. The highest BCUT2D eigenvalue weighted by atomic mass is 32.2. The first-order valence-corrected chi connectivity index (χ1v) is 8.07. The normalized spacial score (nSPS) is 13.3. The highest BCUT2D eigenvalue weighted by molar-refractivity contribution is 7.89. The monoisotopic (exact) mass is 293 g/mol. The summed E-state index contributed by atoms with van der Waals surface area (Å²) in [5, 5.41) is 0. The average molecular weight is 293 g/mol. The average Bonchev–Trinajstić information content (AvgIpc) is 2.89. The lowest BCUT2D eigenvalue weighted by Crippen LogP contribution is -2.32. The van der Waals surface area contributed by atoms with Crippen LogP contribution < -0.4 is 4.72 Å². The maximum atomic E-state index is 12.2. The summed E-state index contributed by atoms with van der Waals surface area (Å²) in [6.07, 6.45) is 3.03. The molecule has 0 unspecified atom stereocenters. The van der Waals surface area contributed by atoms with Crippen molar-refractivity contribution in [3.63, 3.8) is 0 Å². The van der Waals surface area contributed by atoms with Crippen molar-refractivity contribution in [2.24, 2.45) is 0 Å². The van der Waals surface area contributed by atoms with E-state index in [1.54, 1.807) is 30.5 Å². The summed E-state index contributed by atoms with van der Waals surface area (Å²) in [5.74, 6) is 0.867. The van der Waals surface area contributed by atoms with E-state index in [0.29, 0.717) is 17.7 Å². The number of nitrogens with one attached hydrogen (secondary N) is 1. The molecule has 1 N–H and O–H groups in total. The first-order valence-electron chi connectivity index (χ1n) is 6.59. The second-order valence-corrected chi connectivity index (χ2v) is 6.67. The molecule has 2 aromatic rings. The van der Waals surface area contributed by atoms with Crippen molar-refractivity contribution in [2.45, 2.75) is 37.6 Å². The molecule has 0 fully saturated rings. The van der Waals surface area contributed by atoms with Crippen LogP contribution >= 0.6 is 0 Å². The molecule has 1 atom stereocenters. The third-order valence-corrected chi connectivity index (χ3v) is 4.70. The topological polar surface area (TPSA) is 59.3 Å². The maximum Gasteiger partial charge on any atom is 0.240 e. The fourth-order valence-electron chi connectivity index (χ4n) is 1.92. The Morgan fingerprint density at radius 2 is 1.90 bits per heavy atom. The second kappa shape index (κ2) is 6.24. The summed E-state index contributed by atoms with van der Waals surface area (Å²) in [6, 6.07) is 10.4. The molecule has 0 saturated carbocycles. The lowest BCUT2D eigenvalue weighted by Gasteiger charge is -2.13. The molecule has 1 aromatic carbocycles. The van der Waals surface area contributed by atoms with Gasteiger partial charge in [0.1, 0.15) is 5.76 Å². The fraction of sp³-hybridized carbons (Fsp3) is 0.333. The van der Waals surface area contributed by atoms with E-state index >= 15 is 0 Å². The minimum absolute atomic E-state index is 0.147. The van der Waals surface area contributed by atoms with Crippen LogP contribution in [-0.4, -0.2) is 14.5 Å². The largest absolute Gasteiger partial charge is 0.469 e. The summed E-state index contributed by atoms with van der Waals surface area (Å²) in [5.41, 5.74) is 1.04. The molecule has 0 spiro atoms. The van der Waals surface area contributed by atoms with Gasteiger partial charge in [-0.3, -0.25) is 0 Å². The Balaban J connectivity index is 1.95. The van der Waals surface area contributed by atoms with E-state index in [1.165, 1.54) is 0 Å². The smallest absolute Gasteiger partial charge is 0.240 e. The maximum absolute atomic E-state index is 12.2. The van der Waals surface area contributed by atoms with Crippen LogP contribution in [0.5, 0.6) is 0 Å². The third-order valence-electron chi connectivity index (χ3n) is 3.09. The third kappa shape index (κ3) is 3.95. The number of hydrogen-bond donors (Lipinski definition) is 1. The van der Waals surface area contributed by atoms with E-state index in [1.807, 2.05) is 26.0 Å². The molecule has 0 amide bonds. The van der Waals surface area contributed by atoms with Crippen LogP contribution in [0.15, 0.2) is 52.0 Å². The lowest BCUT2D eigenvalue weighted by atomic mass is 10.2. The predicted molar refractivity (Wildman–Crippen MR) is 78.0 cm³/mol.